The molecule has 0 unspecified atom stereocenters. The molecule has 25 heavy (non-hydrogen) atoms. The molecular formula is C20H26N4S. The van der Waals surface area contributed by atoms with Crippen LogP contribution in [0.3, 0.4) is 0 Å². The van der Waals surface area contributed by atoms with E-state index in [-0.39, 0.29) is 0 Å². The van der Waals surface area contributed by atoms with Crippen LogP contribution in [0.2, 0.25) is 0 Å². The van der Waals surface area contributed by atoms with Crippen molar-refractivity contribution in [2.24, 2.45) is 0 Å². The quantitative estimate of drug-likeness (QED) is 0.850. The van der Waals surface area contributed by atoms with E-state index in [2.05, 4.69) is 56.7 Å². The van der Waals surface area contributed by atoms with Crippen molar-refractivity contribution in [1.29, 1.82) is 0 Å². The van der Waals surface area contributed by atoms with Gasteiger partial charge in [-0.15, -0.1) is 0 Å². The van der Waals surface area contributed by atoms with Gasteiger partial charge in [-0.1, -0.05) is 24.3 Å². The summed E-state index contributed by atoms with van der Waals surface area (Å²) in [7, 11) is 0. The van der Waals surface area contributed by atoms with Crippen LogP contribution in [0.1, 0.15) is 31.2 Å². The van der Waals surface area contributed by atoms with Crippen LogP contribution in [0.25, 0.3) is 11.3 Å². The summed E-state index contributed by atoms with van der Waals surface area (Å²) in [5.74, 6) is 1.01. The van der Waals surface area contributed by atoms with Crippen LogP contribution in [-0.4, -0.2) is 46.3 Å². The maximum absolute atomic E-state index is 4.62. The van der Waals surface area contributed by atoms with Gasteiger partial charge in [-0.3, -0.25) is 9.88 Å². The second kappa shape index (κ2) is 7.75. The number of likely N-dealkylation sites (tertiary alicyclic amines) is 1. The van der Waals surface area contributed by atoms with Crippen LogP contribution in [0, 0.1) is 0 Å². The molecule has 0 bridgehead atoms. The Hall–Kier alpha value is -1.59. The van der Waals surface area contributed by atoms with E-state index >= 15 is 0 Å². The average Bonchev–Trinajstić information content (AvgIpc) is 3.19. The predicted molar refractivity (Wildman–Crippen MR) is 106 cm³/mol. The molecule has 0 N–H and O–H groups in total. The van der Waals surface area contributed by atoms with Gasteiger partial charge in [0.05, 0.1) is 18.1 Å². The maximum Gasteiger partial charge on any atom is 0.147 e. The highest BCUT2D eigenvalue weighted by molar-refractivity contribution is 7.80. The highest BCUT2D eigenvalue weighted by Crippen LogP contribution is 2.22. The zero-order valence-electron chi connectivity index (χ0n) is 14.6. The van der Waals surface area contributed by atoms with Crippen LogP contribution in [-0.2, 0) is 6.54 Å². The van der Waals surface area contributed by atoms with E-state index < -0.39 is 0 Å². The fourth-order valence-corrected chi connectivity index (χ4v) is 3.93. The van der Waals surface area contributed by atoms with Gasteiger partial charge in [0, 0.05) is 30.4 Å². The molecule has 2 aliphatic heterocycles. The van der Waals surface area contributed by atoms with Gasteiger partial charge in [0.25, 0.3) is 0 Å². The number of benzene rings is 1. The molecule has 0 aliphatic carbocycles. The Bertz CT molecular complexity index is 672. The number of aromatic nitrogens is 2. The lowest BCUT2D eigenvalue weighted by Crippen LogP contribution is -2.33. The van der Waals surface area contributed by atoms with Gasteiger partial charge in [-0.25, -0.2) is 4.98 Å². The highest BCUT2D eigenvalue weighted by Gasteiger charge is 2.16. The standard InChI is InChI=1S/C20H26N4S/c25-18-7-11-23(12-8-18)15-16-3-5-17(6-4-16)19-13-22-20(14-21-19)24-9-1-2-10-24/h3-6,13-14,18,25H,1-2,7-12,15H2. The largest absolute Gasteiger partial charge is 0.355 e. The Morgan fingerprint density at radius 1 is 0.920 bits per heavy atom. The Kier molecular flexibility index (Phi) is 5.22. The smallest absolute Gasteiger partial charge is 0.147 e. The Morgan fingerprint density at radius 3 is 2.28 bits per heavy atom. The monoisotopic (exact) mass is 354 g/mol. The Balaban J connectivity index is 1.39. The normalized spacial score (nSPS) is 19.5. The lowest BCUT2D eigenvalue weighted by molar-refractivity contribution is 0.225. The van der Waals surface area contributed by atoms with Crippen molar-refractivity contribution in [3.8, 4) is 11.3 Å². The third-order valence-electron chi connectivity index (χ3n) is 5.28. The third-order valence-corrected chi connectivity index (χ3v) is 5.80. The lowest BCUT2D eigenvalue weighted by Gasteiger charge is -2.29. The number of nitrogens with zero attached hydrogens (tertiary/aromatic N) is 4. The molecule has 0 spiro atoms. The summed E-state index contributed by atoms with van der Waals surface area (Å²) >= 11 is 4.58. The van der Waals surface area contributed by atoms with Gasteiger partial charge in [-0.05, 0) is 44.3 Å². The summed E-state index contributed by atoms with van der Waals surface area (Å²) < 4.78 is 0. The molecule has 2 aromatic rings. The third kappa shape index (κ3) is 4.15. The molecule has 0 saturated carbocycles. The molecule has 4 nitrogen and oxygen atoms in total. The first-order valence-corrected chi connectivity index (χ1v) is 9.86. The van der Waals surface area contributed by atoms with Crippen LogP contribution < -0.4 is 4.90 Å². The van der Waals surface area contributed by atoms with E-state index in [4.69, 9.17) is 0 Å². The first kappa shape index (κ1) is 16.9. The average molecular weight is 355 g/mol. The van der Waals surface area contributed by atoms with E-state index in [0.717, 1.165) is 49.8 Å². The molecule has 1 aromatic carbocycles. The lowest BCUT2D eigenvalue weighted by atomic mass is 10.1. The van der Waals surface area contributed by atoms with E-state index in [1.165, 1.54) is 31.2 Å². The zero-order valence-corrected chi connectivity index (χ0v) is 15.5. The fraction of sp³-hybridized carbons (Fsp3) is 0.500. The van der Waals surface area contributed by atoms with E-state index in [1.807, 2.05) is 12.4 Å². The van der Waals surface area contributed by atoms with Gasteiger partial charge in [0.15, 0.2) is 0 Å². The number of hydrogen-bond acceptors (Lipinski definition) is 5. The predicted octanol–water partition coefficient (Wildman–Crippen LogP) is 3.64. The van der Waals surface area contributed by atoms with Crippen molar-refractivity contribution in [1.82, 2.24) is 14.9 Å². The summed E-state index contributed by atoms with van der Waals surface area (Å²) in [5.41, 5.74) is 3.45. The molecular weight excluding hydrogens is 328 g/mol. The topological polar surface area (TPSA) is 32.3 Å². The van der Waals surface area contributed by atoms with Gasteiger partial charge in [-0.2, -0.15) is 12.6 Å². The second-order valence-electron chi connectivity index (χ2n) is 7.16. The fourth-order valence-electron chi connectivity index (χ4n) is 3.70. The first-order chi connectivity index (χ1) is 12.3. The SMILES string of the molecule is SC1CCN(Cc2ccc(-c3cnc(N4CCCC4)cn3)cc2)CC1. The molecule has 2 aliphatic rings. The van der Waals surface area contributed by atoms with Gasteiger partial charge in [0.2, 0.25) is 0 Å². The van der Waals surface area contributed by atoms with Crippen molar-refractivity contribution >= 4 is 18.4 Å². The minimum Gasteiger partial charge on any atom is -0.355 e. The van der Waals surface area contributed by atoms with E-state index in [0.29, 0.717) is 5.25 Å². The number of hydrogen-bond donors (Lipinski definition) is 1. The molecule has 2 fully saturated rings. The molecule has 0 radical (unpaired) electrons. The van der Waals surface area contributed by atoms with Crippen LogP contribution in [0.4, 0.5) is 5.82 Å². The summed E-state index contributed by atoms with van der Waals surface area (Å²) in [4.78, 5) is 14.1. The number of anilines is 1. The van der Waals surface area contributed by atoms with Crippen LogP contribution in [0.5, 0.6) is 0 Å². The summed E-state index contributed by atoms with van der Waals surface area (Å²) in [6.07, 6.45) is 8.73. The molecule has 1 aromatic heterocycles. The Labute approximate surface area is 155 Å². The van der Waals surface area contributed by atoms with Crippen LogP contribution in [0.15, 0.2) is 36.7 Å². The summed E-state index contributed by atoms with van der Waals surface area (Å²) in [6, 6.07) is 8.77. The number of rotatable bonds is 4. The molecule has 2 saturated heterocycles. The number of thiol groups is 1. The van der Waals surface area contributed by atoms with Crippen molar-refractivity contribution < 1.29 is 0 Å². The number of piperidine rings is 1. The van der Waals surface area contributed by atoms with Crippen LogP contribution >= 0.6 is 12.6 Å². The molecule has 0 amide bonds. The second-order valence-corrected chi connectivity index (χ2v) is 7.89. The Morgan fingerprint density at radius 2 is 1.64 bits per heavy atom. The minimum atomic E-state index is 0.584. The van der Waals surface area contributed by atoms with E-state index in [1.54, 1.807) is 0 Å². The van der Waals surface area contributed by atoms with Crippen molar-refractivity contribution in [2.45, 2.75) is 37.5 Å². The van der Waals surface area contributed by atoms with Crippen molar-refractivity contribution in [3.63, 3.8) is 0 Å². The van der Waals surface area contributed by atoms with Gasteiger partial charge >= 0.3 is 0 Å². The maximum atomic E-state index is 4.62. The minimum absolute atomic E-state index is 0.584. The molecule has 4 rings (SSSR count). The summed E-state index contributed by atoms with van der Waals surface area (Å²) in [5, 5.41) is 0.584. The van der Waals surface area contributed by atoms with Gasteiger partial charge < -0.3 is 4.90 Å². The molecule has 132 valence electrons. The molecule has 0 atom stereocenters. The van der Waals surface area contributed by atoms with Crippen molar-refractivity contribution in [3.05, 3.63) is 42.2 Å². The van der Waals surface area contributed by atoms with E-state index in [9.17, 15) is 0 Å². The molecule has 5 heteroatoms. The van der Waals surface area contributed by atoms with Crippen molar-refractivity contribution in [2.75, 3.05) is 31.1 Å². The summed E-state index contributed by atoms with van der Waals surface area (Å²) in [6.45, 7) is 5.54. The van der Waals surface area contributed by atoms with Gasteiger partial charge in [0.1, 0.15) is 5.82 Å². The highest BCUT2D eigenvalue weighted by atomic mass is 32.1. The first-order valence-electron chi connectivity index (χ1n) is 9.35. The zero-order chi connectivity index (χ0) is 17.1. The molecule has 3 heterocycles.